The second-order valence-electron chi connectivity index (χ2n) is 13.8. The maximum absolute atomic E-state index is 12.5. The van der Waals surface area contributed by atoms with E-state index in [1.54, 1.807) is 0 Å². The van der Waals surface area contributed by atoms with Crippen molar-refractivity contribution < 1.29 is 4.79 Å². The Kier molecular flexibility index (Phi) is 4.99. The molecule has 5 aliphatic rings. The summed E-state index contributed by atoms with van der Waals surface area (Å²) in [5.74, 6) is 4.92. The predicted octanol–water partition coefficient (Wildman–Crippen LogP) is 8.23. The zero-order valence-electron chi connectivity index (χ0n) is 21.4. The van der Waals surface area contributed by atoms with Crippen molar-refractivity contribution in [2.45, 2.75) is 112 Å². The van der Waals surface area contributed by atoms with E-state index < -0.39 is 0 Å². The zero-order valence-corrected chi connectivity index (χ0v) is 21.4. The minimum Gasteiger partial charge on any atom is -0.299 e. The molecule has 0 amide bonds. The standard InChI is InChI=1S/C30H48O/c1-19(2)20(3)8-9-21(4)23-12-14-28(7)26-11-10-24-22(5)25(31)13-15-29(24)18-30(26,29)17-16-27(23,28)6/h20-24,26H,1,8-18H2,2-7H3/t20-,21-,22+,23-,24+,26+,27-,28+,29-,30+/m1/s1. The Bertz CT molecular complexity index is 781. The molecule has 0 aromatic heterocycles. The number of hydrogen-bond donors (Lipinski definition) is 0. The molecule has 31 heavy (non-hydrogen) atoms. The second kappa shape index (κ2) is 6.96. The van der Waals surface area contributed by atoms with Gasteiger partial charge in [-0.1, -0.05) is 46.8 Å². The van der Waals surface area contributed by atoms with E-state index in [0.29, 0.717) is 45.2 Å². The van der Waals surface area contributed by atoms with E-state index in [2.05, 4.69) is 48.1 Å². The average molecular weight is 425 g/mol. The summed E-state index contributed by atoms with van der Waals surface area (Å²) in [6, 6.07) is 0. The Morgan fingerprint density at radius 2 is 1.74 bits per heavy atom. The third-order valence-corrected chi connectivity index (χ3v) is 13.1. The fourth-order valence-electron chi connectivity index (χ4n) is 10.8. The van der Waals surface area contributed by atoms with Crippen LogP contribution >= 0.6 is 0 Å². The summed E-state index contributed by atoms with van der Waals surface area (Å²) in [6.45, 7) is 19.0. The molecule has 0 unspecified atom stereocenters. The lowest BCUT2D eigenvalue weighted by atomic mass is 9.43. The number of fused-ring (bicyclic) bond motifs is 2. The van der Waals surface area contributed by atoms with Gasteiger partial charge in [-0.25, -0.2) is 0 Å². The van der Waals surface area contributed by atoms with E-state index >= 15 is 0 Å². The monoisotopic (exact) mass is 424 g/mol. The van der Waals surface area contributed by atoms with E-state index in [4.69, 9.17) is 0 Å². The molecule has 1 heteroatoms. The topological polar surface area (TPSA) is 17.1 Å². The molecule has 0 aromatic rings. The SMILES string of the molecule is C=C(C)[C@H](C)CC[C@@H](C)[C@H]1CC[C@@]2(C)[C@@H]3CC[C@H]4[C@H](C)C(=O)CC[C@@]45C[C@@]35CC[C@]12C. The van der Waals surface area contributed by atoms with Crippen LogP contribution in [0.25, 0.3) is 0 Å². The van der Waals surface area contributed by atoms with Crippen LogP contribution in [0.1, 0.15) is 112 Å². The van der Waals surface area contributed by atoms with Gasteiger partial charge in [0.2, 0.25) is 0 Å². The van der Waals surface area contributed by atoms with Gasteiger partial charge in [-0.3, -0.25) is 4.79 Å². The molecule has 0 heterocycles. The van der Waals surface area contributed by atoms with Gasteiger partial charge < -0.3 is 0 Å². The molecule has 5 fully saturated rings. The van der Waals surface area contributed by atoms with E-state index in [1.165, 1.54) is 69.8 Å². The summed E-state index contributed by atoms with van der Waals surface area (Å²) in [5, 5.41) is 0. The number of rotatable bonds is 5. The molecule has 0 saturated heterocycles. The van der Waals surface area contributed by atoms with Crippen LogP contribution in [0.15, 0.2) is 12.2 Å². The van der Waals surface area contributed by atoms with Crippen molar-refractivity contribution in [3.05, 3.63) is 12.2 Å². The Labute approximate surface area is 192 Å². The van der Waals surface area contributed by atoms with Gasteiger partial charge >= 0.3 is 0 Å². The molecule has 174 valence electrons. The van der Waals surface area contributed by atoms with E-state index in [0.717, 1.165) is 24.2 Å². The molecular weight excluding hydrogens is 376 g/mol. The Morgan fingerprint density at radius 3 is 2.45 bits per heavy atom. The molecule has 0 aromatic carbocycles. The largest absolute Gasteiger partial charge is 0.299 e. The molecular formula is C30H48O. The van der Waals surface area contributed by atoms with Gasteiger partial charge in [0, 0.05) is 12.3 Å². The van der Waals surface area contributed by atoms with Gasteiger partial charge in [0.25, 0.3) is 0 Å². The van der Waals surface area contributed by atoms with Gasteiger partial charge in [-0.05, 0) is 122 Å². The van der Waals surface area contributed by atoms with Crippen molar-refractivity contribution in [3.63, 3.8) is 0 Å². The van der Waals surface area contributed by atoms with Crippen LogP contribution in [-0.2, 0) is 4.79 Å². The van der Waals surface area contributed by atoms with Crippen LogP contribution in [0.3, 0.4) is 0 Å². The van der Waals surface area contributed by atoms with Crippen LogP contribution < -0.4 is 0 Å². The zero-order chi connectivity index (χ0) is 22.4. The molecule has 1 nitrogen and oxygen atoms in total. The normalized spacial score (nSPS) is 52.4. The van der Waals surface area contributed by atoms with Crippen molar-refractivity contribution >= 4 is 5.78 Å². The number of ketones is 1. The van der Waals surface area contributed by atoms with Gasteiger partial charge in [-0.2, -0.15) is 0 Å². The number of carbonyl (C=O) groups is 1. The number of Topliss-reactive ketones (excluding diaryl/α,β-unsaturated/α-hetero) is 1. The molecule has 5 saturated carbocycles. The van der Waals surface area contributed by atoms with Crippen molar-refractivity contribution in [2.75, 3.05) is 0 Å². The van der Waals surface area contributed by atoms with Gasteiger partial charge in [-0.15, -0.1) is 0 Å². The molecule has 0 radical (unpaired) electrons. The average Bonchev–Trinajstić information content (AvgIpc) is 3.31. The molecule has 5 aliphatic carbocycles. The summed E-state index contributed by atoms with van der Waals surface area (Å²) < 4.78 is 0. The maximum atomic E-state index is 12.5. The summed E-state index contributed by atoms with van der Waals surface area (Å²) >= 11 is 0. The lowest BCUT2D eigenvalue weighted by Gasteiger charge is -2.61. The minimum atomic E-state index is 0.335. The first-order chi connectivity index (χ1) is 14.5. The van der Waals surface area contributed by atoms with E-state index in [1.807, 2.05) is 0 Å². The van der Waals surface area contributed by atoms with Gasteiger partial charge in [0.05, 0.1) is 0 Å². The first-order valence-electron chi connectivity index (χ1n) is 13.7. The van der Waals surface area contributed by atoms with Crippen LogP contribution in [0.5, 0.6) is 0 Å². The summed E-state index contributed by atoms with van der Waals surface area (Å²) in [4.78, 5) is 12.5. The molecule has 2 spiro atoms. The van der Waals surface area contributed by atoms with Crippen LogP contribution in [0.4, 0.5) is 0 Å². The Balaban J connectivity index is 1.38. The molecule has 0 N–H and O–H groups in total. The van der Waals surface area contributed by atoms with Crippen molar-refractivity contribution in [1.82, 2.24) is 0 Å². The molecule has 0 aliphatic heterocycles. The quantitative estimate of drug-likeness (QED) is 0.406. The summed E-state index contributed by atoms with van der Waals surface area (Å²) in [5.41, 5.74) is 3.54. The number of hydrogen-bond acceptors (Lipinski definition) is 1. The van der Waals surface area contributed by atoms with Crippen molar-refractivity contribution in [1.29, 1.82) is 0 Å². The molecule has 0 bridgehead atoms. The van der Waals surface area contributed by atoms with Gasteiger partial charge in [0.15, 0.2) is 0 Å². The predicted molar refractivity (Wildman–Crippen MR) is 130 cm³/mol. The highest BCUT2D eigenvalue weighted by atomic mass is 16.1. The summed E-state index contributed by atoms with van der Waals surface area (Å²) in [6.07, 6.45) is 14.8. The first kappa shape index (κ1) is 22.2. The highest BCUT2D eigenvalue weighted by Crippen LogP contribution is 2.88. The van der Waals surface area contributed by atoms with Crippen LogP contribution in [0.2, 0.25) is 0 Å². The number of allylic oxidation sites excluding steroid dienone is 1. The third-order valence-electron chi connectivity index (χ3n) is 13.1. The Morgan fingerprint density at radius 1 is 1.00 bits per heavy atom. The highest BCUT2D eigenvalue weighted by molar-refractivity contribution is 5.82. The smallest absolute Gasteiger partial charge is 0.136 e. The number of carbonyl (C=O) groups excluding carboxylic acids is 1. The van der Waals surface area contributed by atoms with Crippen LogP contribution in [0, 0.1) is 57.2 Å². The fourth-order valence-corrected chi connectivity index (χ4v) is 10.8. The molecule has 10 atom stereocenters. The van der Waals surface area contributed by atoms with E-state index in [9.17, 15) is 4.79 Å². The fraction of sp³-hybridized carbons (Fsp3) is 0.900. The maximum Gasteiger partial charge on any atom is 0.136 e. The third kappa shape index (κ3) is 2.70. The molecule has 5 rings (SSSR count). The van der Waals surface area contributed by atoms with E-state index in [-0.39, 0.29) is 0 Å². The Hall–Kier alpha value is -0.590. The van der Waals surface area contributed by atoms with Crippen molar-refractivity contribution in [3.8, 4) is 0 Å². The van der Waals surface area contributed by atoms with Crippen LogP contribution in [-0.4, -0.2) is 5.78 Å². The minimum absolute atomic E-state index is 0.335. The van der Waals surface area contributed by atoms with Crippen molar-refractivity contribution in [2.24, 2.45) is 57.2 Å². The first-order valence-corrected chi connectivity index (χ1v) is 13.7. The lowest BCUT2D eigenvalue weighted by molar-refractivity contribution is -0.146. The summed E-state index contributed by atoms with van der Waals surface area (Å²) in [7, 11) is 0. The highest BCUT2D eigenvalue weighted by Gasteiger charge is 2.81. The lowest BCUT2D eigenvalue weighted by Crippen LogP contribution is -2.55. The second-order valence-corrected chi connectivity index (χ2v) is 13.8. The van der Waals surface area contributed by atoms with Gasteiger partial charge in [0.1, 0.15) is 5.78 Å².